The van der Waals surface area contributed by atoms with E-state index in [-0.39, 0.29) is 0 Å². The Labute approximate surface area is 91.6 Å². The normalized spacial score (nSPS) is 10.7. The summed E-state index contributed by atoms with van der Waals surface area (Å²) < 4.78 is 0. The van der Waals surface area contributed by atoms with Crippen molar-refractivity contribution in [3.05, 3.63) is 0 Å². The van der Waals surface area contributed by atoms with E-state index >= 15 is 0 Å². The number of aliphatic carboxylic acids is 1. The molecule has 0 rings (SSSR count). The summed E-state index contributed by atoms with van der Waals surface area (Å²) in [4.78, 5) is 55.7. The van der Waals surface area contributed by atoms with Crippen LogP contribution >= 0.6 is 0 Å². The molecule has 6 nitrogen and oxygen atoms in total. The highest BCUT2D eigenvalue weighted by Gasteiger charge is 2.54. The van der Waals surface area contributed by atoms with Crippen LogP contribution in [0.25, 0.3) is 0 Å². The van der Waals surface area contributed by atoms with Gasteiger partial charge < -0.3 is 5.11 Å². The van der Waals surface area contributed by atoms with Gasteiger partial charge in [0.25, 0.3) is 0 Å². The SMILES string of the molecule is CC(=O)CC(=O)C(C(C)=O)(C(C)=O)C(=O)O. The standard InChI is InChI=1S/C10H12O6/c1-5(11)4-8(14)10(6(2)12,7(3)13)9(15)16/h4H2,1-3H3,(H,15,16). The zero-order chi connectivity index (χ0) is 13.1. The van der Waals surface area contributed by atoms with Crippen LogP contribution in [0.3, 0.4) is 0 Å². The summed E-state index contributed by atoms with van der Waals surface area (Å²) in [6.07, 6.45) is -0.745. The fourth-order valence-corrected chi connectivity index (χ4v) is 1.42. The van der Waals surface area contributed by atoms with Crippen LogP contribution in [0.4, 0.5) is 0 Å². The lowest BCUT2D eigenvalue weighted by molar-refractivity contribution is -0.162. The van der Waals surface area contributed by atoms with Crippen LogP contribution < -0.4 is 0 Å². The number of carbonyl (C=O) groups is 5. The predicted molar refractivity (Wildman–Crippen MR) is 51.7 cm³/mol. The molecule has 0 radical (unpaired) electrons. The smallest absolute Gasteiger partial charge is 0.332 e. The summed E-state index contributed by atoms with van der Waals surface area (Å²) in [5, 5.41) is 8.87. The molecule has 6 heteroatoms. The van der Waals surface area contributed by atoms with Crippen LogP contribution in [0.2, 0.25) is 0 Å². The minimum atomic E-state index is -2.73. The third-order valence-corrected chi connectivity index (χ3v) is 2.20. The average Bonchev–Trinajstić information content (AvgIpc) is 1.99. The van der Waals surface area contributed by atoms with Crippen LogP contribution in [-0.2, 0) is 24.0 Å². The van der Waals surface area contributed by atoms with E-state index in [2.05, 4.69) is 0 Å². The van der Waals surface area contributed by atoms with Crippen molar-refractivity contribution in [2.75, 3.05) is 0 Å². The molecule has 0 atom stereocenters. The van der Waals surface area contributed by atoms with Gasteiger partial charge in [-0.15, -0.1) is 0 Å². The first-order valence-electron chi connectivity index (χ1n) is 4.45. The van der Waals surface area contributed by atoms with Crippen LogP contribution in [0.15, 0.2) is 0 Å². The van der Waals surface area contributed by atoms with Gasteiger partial charge in [0.15, 0.2) is 17.3 Å². The zero-order valence-electron chi connectivity index (χ0n) is 9.20. The van der Waals surface area contributed by atoms with Gasteiger partial charge in [0.2, 0.25) is 5.41 Å². The molecule has 0 bridgehead atoms. The molecule has 0 fully saturated rings. The Morgan fingerprint density at radius 2 is 1.31 bits per heavy atom. The molecular weight excluding hydrogens is 216 g/mol. The van der Waals surface area contributed by atoms with E-state index in [1.165, 1.54) is 0 Å². The van der Waals surface area contributed by atoms with Gasteiger partial charge in [0.05, 0.1) is 6.42 Å². The summed E-state index contributed by atoms with van der Waals surface area (Å²) >= 11 is 0. The molecule has 0 saturated heterocycles. The van der Waals surface area contributed by atoms with Crippen molar-refractivity contribution in [3.63, 3.8) is 0 Å². The molecule has 0 spiro atoms. The highest BCUT2D eigenvalue weighted by atomic mass is 16.4. The molecule has 0 aromatic heterocycles. The monoisotopic (exact) mass is 228 g/mol. The zero-order valence-corrected chi connectivity index (χ0v) is 9.20. The number of Topliss-reactive ketones (excluding diaryl/α,β-unsaturated/α-hetero) is 4. The fourth-order valence-electron chi connectivity index (χ4n) is 1.42. The topological polar surface area (TPSA) is 106 Å². The lowest BCUT2D eigenvalue weighted by Crippen LogP contribution is -2.51. The second-order valence-corrected chi connectivity index (χ2v) is 3.47. The van der Waals surface area contributed by atoms with Crippen molar-refractivity contribution in [2.24, 2.45) is 5.41 Å². The molecule has 0 aliphatic rings. The lowest BCUT2D eigenvalue weighted by atomic mass is 9.75. The van der Waals surface area contributed by atoms with Gasteiger partial charge in [-0.3, -0.25) is 24.0 Å². The predicted octanol–water partition coefficient (Wildman–Crippen LogP) is -0.216. The van der Waals surface area contributed by atoms with Crippen LogP contribution in [0, 0.1) is 5.41 Å². The van der Waals surface area contributed by atoms with E-state index in [4.69, 9.17) is 5.11 Å². The molecule has 16 heavy (non-hydrogen) atoms. The largest absolute Gasteiger partial charge is 0.480 e. The van der Waals surface area contributed by atoms with E-state index in [1.54, 1.807) is 0 Å². The Bertz CT molecular complexity index is 343. The number of hydrogen-bond donors (Lipinski definition) is 1. The molecule has 0 heterocycles. The molecule has 0 aliphatic heterocycles. The van der Waals surface area contributed by atoms with E-state index < -0.39 is 40.9 Å². The number of hydrogen-bond acceptors (Lipinski definition) is 5. The van der Waals surface area contributed by atoms with Crippen LogP contribution in [0.5, 0.6) is 0 Å². The maximum absolute atomic E-state index is 11.6. The summed E-state index contributed by atoms with van der Waals surface area (Å²) in [5.41, 5.74) is -2.73. The number of ketones is 4. The van der Waals surface area contributed by atoms with Gasteiger partial charge in [-0.2, -0.15) is 0 Å². The first-order chi connectivity index (χ1) is 7.17. The molecule has 0 amide bonds. The Balaban J connectivity index is 5.63. The molecule has 1 N–H and O–H groups in total. The molecule has 0 aliphatic carbocycles. The number of rotatable bonds is 6. The Hall–Kier alpha value is -1.85. The summed E-state index contributed by atoms with van der Waals surface area (Å²) in [7, 11) is 0. The van der Waals surface area contributed by atoms with Gasteiger partial charge in [-0.25, -0.2) is 0 Å². The van der Waals surface area contributed by atoms with Crippen LogP contribution in [0.1, 0.15) is 27.2 Å². The van der Waals surface area contributed by atoms with Gasteiger partial charge in [-0.1, -0.05) is 0 Å². The maximum atomic E-state index is 11.6. The highest BCUT2D eigenvalue weighted by Crippen LogP contribution is 2.24. The van der Waals surface area contributed by atoms with Crippen LogP contribution in [-0.4, -0.2) is 34.2 Å². The highest BCUT2D eigenvalue weighted by molar-refractivity contribution is 6.37. The first-order valence-corrected chi connectivity index (χ1v) is 4.45. The van der Waals surface area contributed by atoms with Gasteiger partial charge in [0, 0.05) is 0 Å². The van der Waals surface area contributed by atoms with Crippen molar-refractivity contribution in [2.45, 2.75) is 27.2 Å². The Morgan fingerprint density at radius 3 is 1.50 bits per heavy atom. The average molecular weight is 228 g/mol. The third kappa shape index (κ3) is 2.21. The number of carbonyl (C=O) groups excluding carboxylic acids is 4. The van der Waals surface area contributed by atoms with E-state index in [0.29, 0.717) is 0 Å². The molecule has 88 valence electrons. The quantitative estimate of drug-likeness (QED) is 0.630. The van der Waals surface area contributed by atoms with Crippen molar-refractivity contribution in [1.82, 2.24) is 0 Å². The van der Waals surface area contributed by atoms with E-state index in [1.807, 2.05) is 0 Å². The van der Waals surface area contributed by atoms with Gasteiger partial charge in [0.1, 0.15) is 5.78 Å². The van der Waals surface area contributed by atoms with E-state index in [0.717, 1.165) is 20.8 Å². The van der Waals surface area contributed by atoms with Crippen molar-refractivity contribution < 1.29 is 29.1 Å². The molecule has 0 unspecified atom stereocenters. The second kappa shape index (κ2) is 4.78. The summed E-state index contributed by atoms with van der Waals surface area (Å²) in [6, 6.07) is 0. The summed E-state index contributed by atoms with van der Waals surface area (Å²) in [5.74, 6) is -5.79. The lowest BCUT2D eigenvalue weighted by Gasteiger charge is -2.21. The van der Waals surface area contributed by atoms with Gasteiger partial charge in [-0.05, 0) is 20.8 Å². The van der Waals surface area contributed by atoms with Crippen molar-refractivity contribution in [3.8, 4) is 0 Å². The number of carboxylic acid groups (broad SMARTS) is 1. The molecule has 0 aromatic carbocycles. The minimum absolute atomic E-state index is 0.599. The summed E-state index contributed by atoms with van der Waals surface area (Å²) in [6.45, 7) is 2.76. The Morgan fingerprint density at radius 1 is 0.938 bits per heavy atom. The Kier molecular flexibility index (Phi) is 4.23. The number of carboxylic acids is 1. The molecule has 0 aromatic rings. The fraction of sp³-hybridized carbons (Fsp3) is 0.500. The maximum Gasteiger partial charge on any atom is 0.332 e. The van der Waals surface area contributed by atoms with Gasteiger partial charge >= 0.3 is 5.97 Å². The molecule has 0 saturated carbocycles. The van der Waals surface area contributed by atoms with Crippen molar-refractivity contribution in [1.29, 1.82) is 0 Å². The minimum Gasteiger partial charge on any atom is -0.480 e. The van der Waals surface area contributed by atoms with E-state index in [9.17, 15) is 24.0 Å². The van der Waals surface area contributed by atoms with Crippen molar-refractivity contribution >= 4 is 29.1 Å². The molecular formula is C10H12O6. The third-order valence-electron chi connectivity index (χ3n) is 2.20. The second-order valence-electron chi connectivity index (χ2n) is 3.47. The first kappa shape index (κ1) is 14.2.